The van der Waals surface area contributed by atoms with Crippen LogP contribution in [0.4, 0.5) is 0 Å². The fourth-order valence-corrected chi connectivity index (χ4v) is 11.7. The van der Waals surface area contributed by atoms with E-state index in [9.17, 15) is 43.2 Å². The second-order valence-electron chi connectivity index (χ2n) is 26.2. The van der Waals surface area contributed by atoms with Gasteiger partial charge in [0.15, 0.2) is 12.2 Å². The minimum atomic E-state index is -4.95. The lowest BCUT2D eigenvalue weighted by Gasteiger charge is -2.21. The van der Waals surface area contributed by atoms with Gasteiger partial charge in [-0.1, -0.05) is 280 Å². The van der Waals surface area contributed by atoms with Gasteiger partial charge in [0.25, 0.3) is 0 Å². The summed E-state index contributed by atoms with van der Waals surface area (Å²) in [6, 6.07) is 0. The molecule has 0 aromatic carbocycles. The molecule has 87 heavy (non-hydrogen) atoms. The Bertz CT molecular complexity index is 1730. The Hall–Kier alpha value is -1.94. The summed E-state index contributed by atoms with van der Waals surface area (Å²) in [5.41, 5.74) is 0. The molecule has 3 N–H and O–H groups in total. The molecule has 0 amide bonds. The number of hydrogen-bond donors (Lipinski definition) is 3. The van der Waals surface area contributed by atoms with Crippen LogP contribution in [-0.4, -0.2) is 96.7 Å². The molecule has 17 nitrogen and oxygen atoms in total. The van der Waals surface area contributed by atoms with Crippen molar-refractivity contribution in [1.29, 1.82) is 0 Å². The third-order valence-corrected chi connectivity index (χ3v) is 17.8. The molecule has 0 aliphatic carbocycles. The maximum atomic E-state index is 13.0. The smallest absolute Gasteiger partial charge is 0.462 e. The van der Waals surface area contributed by atoms with E-state index in [4.69, 9.17) is 37.0 Å². The maximum absolute atomic E-state index is 13.0. The number of hydrogen-bond acceptors (Lipinski definition) is 15. The van der Waals surface area contributed by atoms with Gasteiger partial charge in [0.2, 0.25) is 0 Å². The molecule has 0 aromatic rings. The molecule has 0 aromatic heterocycles. The number of phosphoric ester groups is 2. The van der Waals surface area contributed by atoms with Crippen LogP contribution < -0.4 is 0 Å². The average molecular weight is 1280 g/mol. The van der Waals surface area contributed by atoms with Crippen LogP contribution in [0.15, 0.2) is 0 Å². The zero-order valence-corrected chi connectivity index (χ0v) is 58.4. The van der Waals surface area contributed by atoms with E-state index in [-0.39, 0.29) is 25.7 Å². The predicted octanol–water partition coefficient (Wildman–Crippen LogP) is 18.9. The maximum Gasteiger partial charge on any atom is 0.472 e. The number of carbonyl (C=O) groups excluding carboxylic acids is 4. The molecule has 0 aliphatic heterocycles. The van der Waals surface area contributed by atoms with Gasteiger partial charge in [0.1, 0.15) is 19.3 Å². The summed E-state index contributed by atoms with van der Waals surface area (Å²) in [5, 5.41) is 10.6. The third-order valence-electron chi connectivity index (χ3n) is 15.9. The fraction of sp³-hybridized carbons (Fsp3) is 0.941. The second kappa shape index (κ2) is 57.9. The largest absolute Gasteiger partial charge is 0.472 e. The first-order valence-electron chi connectivity index (χ1n) is 35.2. The molecule has 516 valence electrons. The van der Waals surface area contributed by atoms with Crippen molar-refractivity contribution in [2.24, 2.45) is 23.7 Å². The topological polar surface area (TPSA) is 237 Å². The van der Waals surface area contributed by atoms with Gasteiger partial charge in [-0.3, -0.25) is 37.3 Å². The Morgan fingerprint density at radius 3 is 0.816 bits per heavy atom. The molecule has 0 fully saturated rings. The van der Waals surface area contributed by atoms with Crippen molar-refractivity contribution < 1.29 is 80.2 Å². The minimum Gasteiger partial charge on any atom is -0.462 e. The zero-order chi connectivity index (χ0) is 64.7. The molecular weight excluding hydrogens is 1150 g/mol. The standard InChI is InChI=1S/C68H132O17P2/c1-9-61(8)47-39-31-23-16-17-25-34-42-50-67(72)84-63(54-78-65(70)48-40-32-24-15-13-11-10-12-14-20-28-36-44-58(2)3)56-82-86(74,75)80-52-62(69)53-81-87(76,77)83-57-64(85-68(73)51-43-35-27-19-22-30-38-46-60(6)7)55-79-66(71)49-41-33-26-18-21-29-37-45-59(4)5/h58-64,69H,9-57H2,1-8H3,(H,74,75)(H,76,77)/t61?,62?,63-,64-/m1/s1. The summed E-state index contributed by atoms with van der Waals surface area (Å²) >= 11 is 0. The summed E-state index contributed by atoms with van der Waals surface area (Å²) in [7, 11) is -9.90. The molecule has 19 heteroatoms. The average Bonchev–Trinajstić information content (AvgIpc) is 3.69. The highest BCUT2D eigenvalue weighted by Crippen LogP contribution is 2.45. The first-order valence-corrected chi connectivity index (χ1v) is 38.2. The molecule has 6 atom stereocenters. The van der Waals surface area contributed by atoms with Gasteiger partial charge in [-0.15, -0.1) is 0 Å². The van der Waals surface area contributed by atoms with Crippen LogP contribution in [0.25, 0.3) is 0 Å². The molecule has 0 rings (SSSR count). The van der Waals surface area contributed by atoms with Crippen LogP contribution in [0.2, 0.25) is 0 Å². The Morgan fingerprint density at radius 1 is 0.322 bits per heavy atom. The Morgan fingerprint density at radius 2 is 0.552 bits per heavy atom. The van der Waals surface area contributed by atoms with Crippen molar-refractivity contribution in [2.75, 3.05) is 39.6 Å². The number of ether oxygens (including phenoxy) is 4. The third kappa shape index (κ3) is 61.3. The second-order valence-corrected chi connectivity index (χ2v) is 29.1. The van der Waals surface area contributed by atoms with Crippen molar-refractivity contribution in [3.05, 3.63) is 0 Å². The normalized spacial score (nSPS) is 14.6. The van der Waals surface area contributed by atoms with Gasteiger partial charge >= 0.3 is 39.5 Å². The van der Waals surface area contributed by atoms with E-state index in [2.05, 4.69) is 55.4 Å². The summed E-state index contributed by atoms with van der Waals surface area (Å²) < 4.78 is 68.2. The number of unbranched alkanes of at least 4 members (excludes halogenated alkanes) is 30. The molecular formula is C68H132O17P2. The lowest BCUT2D eigenvalue weighted by atomic mass is 9.99. The van der Waals surface area contributed by atoms with Gasteiger partial charge in [-0.25, -0.2) is 9.13 Å². The highest BCUT2D eigenvalue weighted by atomic mass is 31.2. The van der Waals surface area contributed by atoms with Crippen molar-refractivity contribution in [2.45, 2.75) is 350 Å². The Labute approximate surface area is 530 Å². The fourth-order valence-electron chi connectivity index (χ4n) is 10.1. The number of esters is 4. The monoisotopic (exact) mass is 1280 g/mol. The van der Waals surface area contributed by atoms with Gasteiger partial charge in [0.05, 0.1) is 26.4 Å². The van der Waals surface area contributed by atoms with Crippen molar-refractivity contribution in [1.82, 2.24) is 0 Å². The van der Waals surface area contributed by atoms with Crippen LogP contribution >= 0.6 is 15.6 Å². The molecule has 0 saturated carbocycles. The first kappa shape index (κ1) is 85.1. The van der Waals surface area contributed by atoms with Crippen molar-refractivity contribution in [3.8, 4) is 0 Å². The van der Waals surface area contributed by atoms with E-state index in [0.717, 1.165) is 108 Å². The van der Waals surface area contributed by atoms with Crippen LogP contribution in [0.1, 0.15) is 331 Å². The highest BCUT2D eigenvalue weighted by Gasteiger charge is 2.30. The van der Waals surface area contributed by atoms with E-state index in [1.54, 1.807) is 0 Å². The summed E-state index contributed by atoms with van der Waals surface area (Å²) in [6.07, 6.45) is 39.1. The molecule has 0 spiro atoms. The molecule has 0 saturated heterocycles. The number of rotatable bonds is 65. The van der Waals surface area contributed by atoms with E-state index in [0.29, 0.717) is 37.5 Å². The molecule has 0 radical (unpaired) electrons. The van der Waals surface area contributed by atoms with Crippen molar-refractivity contribution in [3.63, 3.8) is 0 Å². The van der Waals surface area contributed by atoms with E-state index in [1.165, 1.54) is 128 Å². The first-order chi connectivity index (χ1) is 41.6. The number of phosphoric acid groups is 2. The number of aliphatic hydroxyl groups is 1. The van der Waals surface area contributed by atoms with Crippen LogP contribution in [0.3, 0.4) is 0 Å². The summed E-state index contributed by atoms with van der Waals surface area (Å²) in [6.45, 7) is 14.0. The summed E-state index contributed by atoms with van der Waals surface area (Å²) in [5.74, 6) is 0.816. The highest BCUT2D eigenvalue weighted by molar-refractivity contribution is 7.47. The van der Waals surface area contributed by atoms with Gasteiger partial charge in [-0.05, 0) is 49.4 Å². The molecule has 4 unspecified atom stereocenters. The van der Waals surface area contributed by atoms with Gasteiger partial charge in [0, 0.05) is 25.7 Å². The van der Waals surface area contributed by atoms with Gasteiger partial charge in [-0.2, -0.15) is 0 Å². The zero-order valence-electron chi connectivity index (χ0n) is 56.6. The van der Waals surface area contributed by atoms with Crippen LogP contribution in [0.5, 0.6) is 0 Å². The molecule has 0 aliphatic rings. The molecule has 0 bridgehead atoms. The minimum absolute atomic E-state index is 0.102. The Balaban J connectivity index is 5.24. The Kier molecular flexibility index (Phi) is 56.6. The van der Waals surface area contributed by atoms with E-state index < -0.39 is 97.5 Å². The molecule has 0 heterocycles. The quantitative estimate of drug-likeness (QED) is 0.0222. The number of carbonyl (C=O) groups is 4. The number of aliphatic hydroxyl groups excluding tert-OH is 1. The lowest BCUT2D eigenvalue weighted by molar-refractivity contribution is -0.161. The predicted molar refractivity (Wildman–Crippen MR) is 349 cm³/mol. The van der Waals surface area contributed by atoms with E-state index in [1.807, 2.05) is 0 Å². The van der Waals surface area contributed by atoms with Crippen LogP contribution in [-0.2, 0) is 65.4 Å². The SMILES string of the molecule is CCC(C)CCCCCCCCCCC(=O)O[C@H](COC(=O)CCCCCCCCCCCCCCC(C)C)COP(=O)(O)OCC(O)COP(=O)(O)OC[C@@H](COC(=O)CCCCCCCCCC(C)C)OC(=O)CCCCCCCCCC(C)C. The summed E-state index contributed by atoms with van der Waals surface area (Å²) in [4.78, 5) is 72.4. The van der Waals surface area contributed by atoms with Crippen molar-refractivity contribution >= 4 is 39.5 Å². The van der Waals surface area contributed by atoms with Gasteiger partial charge < -0.3 is 33.8 Å². The van der Waals surface area contributed by atoms with E-state index >= 15 is 0 Å². The van der Waals surface area contributed by atoms with Crippen LogP contribution in [0, 0.1) is 23.7 Å². The lowest BCUT2D eigenvalue weighted by Crippen LogP contribution is -2.30.